The van der Waals surface area contributed by atoms with E-state index in [4.69, 9.17) is 0 Å². The van der Waals surface area contributed by atoms with Crippen LogP contribution in [0.15, 0.2) is 30.3 Å². The van der Waals surface area contributed by atoms with Crippen molar-refractivity contribution in [3.8, 4) is 0 Å². The van der Waals surface area contributed by atoms with Crippen molar-refractivity contribution in [2.45, 2.75) is 36.9 Å². The highest BCUT2D eigenvalue weighted by Crippen LogP contribution is 2.45. The first-order chi connectivity index (χ1) is 6.59. The minimum absolute atomic E-state index is 0.334. The number of benzene rings is 1. The van der Waals surface area contributed by atoms with Crippen LogP contribution in [0.2, 0.25) is 0 Å². The van der Waals surface area contributed by atoms with Crippen LogP contribution in [0.5, 0.6) is 0 Å². The molecule has 0 aromatic heterocycles. The summed E-state index contributed by atoms with van der Waals surface area (Å²) in [6.07, 6.45) is 0. The van der Waals surface area contributed by atoms with Crippen LogP contribution >= 0.6 is 11.8 Å². The maximum Gasteiger partial charge on any atom is 0.0797 e. The molecule has 1 heterocycles. The second-order valence-corrected chi connectivity index (χ2v) is 6.16. The molecule has 0 aliphatic carbocycles. The van der Waals surface area contributed by atoms with Crippen molar-refractivity contribution in [1.29, 1.82) is 0 Å². The van der Waals surface area contributed by atoms with Crippen LogP contribution in [0.1, 0.15) is 31.7 Å². The Morgan fingerprint density at radius 1 is 1.21 bits per heavy atom. The van der Waals surface area contributed by atoms with Crippen molar-refractivity contribution in [1.82, 2.24) is 5.32 Å². The van der Waals surface area contributed by atoms with Crippen molar-refractivity contribution in [3.63, 3.8) is 0 Å². The Hall–Kier alpha value is -0.470. The molecule has 1 aliphatic rings. The fourth-order valence-electron chi connectivity index (χ4n) is 1.66. The molecule has 76 valence electrons. The molecule has 0 amide bonds. The maximum atomic E-state index is 3.62. The second kappa shape index (κ2) is 3.59. The van der Waals surface area contributed by atoms with Gasteiger partial charge in [-0.3, -0.25) is 5.32 Å². The third-order valence-electron chi connectivity index (χ3n) is 2.97. The normalized spacial score (nSPS) is 30.5. The number of hydrogen-bond donors (Lipinski definition) is 1. The Morgan fingerprint density at radius 2 is 1.86 bits per heavy atom. The molecular weight excluding hydrogens is 190 g/mol. The van der Waals surface area contributed by atoms with Crippen LogP contribution in [-0.2, 0) is 0 Å². The van der Waals surface area contributed by atoms with Gasteiger partial charge in [0.05, 0.1) is 5.37 Å². The quantitative estimate of drug-likeness (QED) is 0.759. The molecule has 2 heteroatoms. The summed E-state index contributed by atoms with van der Waals surface area (Å²) in [6.45, 7) is 6.87. The van der Waals surface area contributed by atoms with E-state index in [1.54, 1.807) is 0 Å². The molecular formula is C12H17NS. The van der Waals surface area contributed by atoms with Crippen LogP contribution < -0.4 is 5.32 Å². The minimum atomic E-state index is 0.334. The average molecular weight is 207 g/mol. The van der Waals surface area contributed by atoms with Gasteiger partial charge < -0.3 is 0 Å². The number of hydrogen-bond acceptors (Lipinski definition) is 2. The van der Waals surface area contributed by atoms with Gasteiger partial charge >= 0.3 is 0 Å². The largest absolute Gasteiger partial charge is 0.298 e. The van der Waals surface area contributed by atoms with E-state index in [2.05, 4.69) is 56.4 Å². The Bertz CT molecular complexity index is 307. The van der Waals surface area contributed by atoms with Gasteiger partial charge in [-0.05, 0) is 26.3 Å². The van der Waals surface area contributed by atoms with E-state index < -0.39 is 0 Å². The van der Waals surface area contributed by atoms with Crippen LogP contribution in [-0.4, -0.2) is 10.8 Å². The van der Waals surface area contributed by atoms with Crippen molar-refractivity contribution >= 4 is 11.8 Å². The zero-order valence-electron chi connectivity index (χ0n) is 8.95. The van der Waals surface area contributed by atoms with Gasteiger partial charge in [0, 0.05) is 10.8 Å². The molecule has 1 fully saturated rings. The molecule has 0 radical (unpaired) electrons. The summed E-state index contributed by atoms with van der Waals surface area (Å²) in [5, 5.41) is 4.08. The van der Waals surface area contributed by atoms with E-state index in [0.29, 0.717) is 16.2 Å². The molecule has 1 aliphatic heterocycles. The zero-order chi connectivity index (χ0) is 10.2. The lowest BCUT2D eigenvalue weighted by atomic mass is 10.1. The van der Waals surface area contributed by atoms with E-state index in [9.17, 15) is 0 Å². The lowest BCUT2D eigenvalue weighted by Gasteiger charge is -2.20. The number of rotatable bonds is 1. The summed E-state index contributed by atoms with van der Waals surface area (Å²) in [5.74, 6) is 0. The fraction of sp³-hybridized carbons (Fsp3) is 0.500. The van der Waals surface area contributed by atoms with Gasteiger partial charge in [-0.2, -0.15) is 0 Å². The first-order valence-electron chi connectivity index (χ1n) is 5.08. The standard InChI is InChI=1S/C12H17NS/c1-9-12(2,3)14-11(13-9)10-7-5-4-6-8-10/h4-9,11,13H,1-3H3. The third kappa shape index (κ3) is 1.82. The molecule has 0 saturated carbocycles. The third-order valence-corrected chi connectivity index (χ3v) is 4.57. The van der Waals surface area contributed by atoms with Crippen LogP contribution in [0, 0.1) is 0 Å². The molecule has 2 atom stereocenters. The molecule has 1 saturated heterocycles. The van der Waals surface area contributed by atoms with Crippen LogP contribution in [0.4, 0.5) is 0 Å². The highest BCUT2D eigenvalue weighted by Gasteiger charge is 2.38. The lowest BCUT2D eigenvalue weighted by Crippen LogP contribution is -2.33. The van der Waals surface area contributed by atoms with Crippen LogP contribution in [0.25, 0.3) is 0 Å². The Labute approximate surface area is 90.3 Å². The highest BCUT2D eigenvalue weighted by molar-refractivity contribution is 8.01. The van der Waals surface area contributed by atoms with Crippen molar-refractivity contribution in [2.24, 2.45) is 0 Å². The first-order valence-corrected chi connectivity index (χ1v) is 5.96. The van der Waals surface area contributed by atoms with Crippen molar-refractivity contribution < 1.29 is 0 Å². The summed E-state index contributed by atoms with van der Waals surface area (Å²) < 4.78 is 0.334. The summed E-state index contributed by atoms with van der Waals surface area (Å²) in [6, 6.07) is 11.2. The molecule has 1 nitrogen and oxygen atoms in total. The molecule has 2 rings (SSSR count). The van der Waals surface area contributed by atoms with Gasteiger partial charge in [0.2, 0.25) is 0 Å². The van der Waals surface area contributed by atoms with Gasteiger partial charge in [-0.15, -0.1) is 11.8 Å². The van der Waals surface area contributed by atoms with Gasteiger partial charge in [-0.1, -0.05) is 30.3 Å². The summed E-state index contributed by atoms with van der Waals surface area (Å²) in [5.41, 5.74) is 1.38. The lowest BCUT2D eigenvalue weighted by molar-refractivity contribution is 0.495. The van der Waals surface area contributed by atoms with Gasteiger partial charge in [0.25, 0.3) is 0 Å². The Morgan fingerprint density at radius 3 is 2.36 bits per heavy atom. The summed E-state index contributed by atoms with van der Waals surface area (Å²) in [4.78, 5) is 0. The zero-order valence-corrected chi connectivity index (χ0v) is 9.77. The predicted octanol–water partition coefficient (Wildman–Crippen LogP) is 3.19. The Kier molecular flexibility index (Phi) is 2.58. The van der Waals surface area contributed by atoms with Crippen LogP contribution in [0.3, 0.4) is 0 Å². The molecule has 1 N–H and O–H groups in total. The smallest absolute Gasteiger partial charge is 0.0797 e. The highest BCUT2D eigenvalue weighted by atomic mass is 32.2. The van der Waals surface area contributed by atoms with E-state index in [0.717, 1.165) is 0 Å². The van der Waals surface area contributed by atoms with Gasteiger partial charge in [0.15, 0.2) is 0 Å². The number of nitrogens with one attached hydrogen (secondary N) is 1. The van der Waals surface area contributed by atoms with Gasteiger partial charge in [0.1, 0.15) is 0 Å². The van der Waals surface area contributed by atoms with Crippen molar-refractivity contribution in [2.75, 3.05) is 0 Å². The minimum Gasteiger partial charge on any atom is -0.298 e. The predicted molar refractivity (Wildman–Crippen MR) is 63.5 cm³/mol. The molecule has 0 bridgehead atoms. The molecule has 1 aromatic rings. The van der Waals surface area contributed by atoms with Gasteiger partial charge in [-0.25, -0.2) is 0 Å². The summed E-state index contributed by atoms with van der Waals surface area (Å²) in [7, 11) is 0. The molecule has 0 spiro atoms. The molecule has 14 heavy (non-hydrogen) atoms. The second-order valence-electron chi connectivity index (χ2n) is 4.40. The first kappa shape index (κ1) is 10.1. The Balaban J connectivity index is 2.17. The molecule has 2 unspecified atom stereocenters. The van der Waals surface area contributed by atoms with Crippen molar-refractivity contribution in [3.05, 3.63) is 35.9 Å². The van der Waals surface area contributed by atoms with E-state index in [1.165, 1.54) is 5.56 Å². The molecule has 1 aromatic carbocycles. The van der Waals surface area contributed by atoms with E-state index in [1.807, 2.05) is 11.8 Å². The maximum absolute atomic E-state index is 3.62. The average Bonchev–Trinajstić information content (AvgIpc) is 2.43. The SMILES string of the molecule is CC1NC(c2ccccc2)SC1(C)C. The summed E-state index contributed by atoms with van der Waals surface area (Å²) >= 11 is 2.02. The fourth-order valence-corrected chi connectivity index (χ4v) is 3.10. The number of thioether (sulfide) groups is 1. The van der Waals surface area contributed by atoms with E-state index >= 15 is 0 Å². The monoisotopic (exact) mass is 207 g/mol. The topological polar surface area (TPSA) is 12.0 Å². The van der Waals surface area contributed by atoms with E-state index in [-0.39, 0.29) is 0 Å².